The Kier molecular flexibility index (Phi) is 6.67. The van der Waals surface area contributed by atoms with Gasteiger partial charge in [-0.15, -0.1) is 0 Å². The summed E-state index contributed by atoms with van der Waals surface area (Å²) in [7, 11) is -3.19. The summed E-state index contributed by atoms with van der Waals surface area (Å²) in [5.41, 5.74) is 2.49. The third kappa shape index (κ3) is 5.29. The van der Waals surface area contributed by atoms with Crippen LogP contribution in [0.5, 0.6) is 0 Å². The van der Waals surface area contributed by atoms with Crippen LogP contribution in [0.25, 0.3) is 0 Å². The molecule has 1 aromatic heterocycles. The van der Waals surface area contributed by atoms with Crippen molar-refractivity contribution in [1.82, 2.24) is 14.1 Å². The maximum atomic E-state index is 12.7. The minimum atomic E-state index is -3.19. The molecule has 2 aromatic rings. The Morgan fingerprint density at radius 1 is 1.13 bits per heavy atom. The predicted octanol–water partition coefficient (Wildman–Crippen LogP) is 3.23. The fourth-order valence-corrected chi connectivity index (χ4v) is 4.79. The summed E-state index contributed by atoms with van der Waals surface area (Å²) >= 11 is 0. The number of rotatable bonds is 6. The van der Waals surface area contributed by atoms with Crippen LogP contribution in [0.4, 0.5) is 5.82 Å². The molecule has 164 valence electrons. The number of nitrogens with zero attached hydrogens (tertiary/aromatic N) is 3. The first kappa shape index (κ1) is 22.5. The van der Waals surface area contributed by atoms with Crippen molar-refractivity contribution in [3.63, 3.8) is 0 Å². The van der Waals surface area contributed by atoms with E-state index in [1.54, 1.807) is 23.9 Å². The van der Waals surface area contributed by atoms with E-state index in [2.05, 4.69) is 55.5 Å². The van der Waals surface area contributed by atoms with Crippen LogP contribution in [0.2, 0.25) is 0 Å². The van der Waals surface area contributed by atoms with Gasteiger partial charge in [0.15, 0.2) is 0 Å². The van der Waals surface area contributed by atoms with Crippen molar-refractivity contribution < 1.29 is 13.2 Å². The summed E-state index contributed by atoms with van der Waals surface area (Å²) in [6.45, 7) is 9.56. The number of aromatic nitrogens is 2. The van der Waals surface area contributed by atoms with E-state index in [0.717, 1.165) is 5.56 Å². The van der Waals surface area contributed by atoms with E-state index in [-0.39, 0.29) is 23.0 Å². The number of nitrogens with one attached hydrogen (secondary N) is 1. The van der Waals surface area contributed by atoms with Gasteiger partial charge in [-0.1, -0.05) is 45.0 Å². The Morgan fingerprint density at radius 2 is 1.77 bits per heavy atom. The normalized spacial score (nSPS) is 16.5. The molecule has 0 unspecified atom stereocenters. The van der Waals surface area contributed by atoms with Gasteiger partial charge >= 0.3 is 0 Å². The quantitative estimate of drug-likeness (QED) is 0.760. The zero-order valence-corrected chi connectivity index (χ0v) is 19.1. The summed E-state index contributed by atoms with van der Waals surface area (Å²) < 4.78 is 27.3. The van der Waals surface area contributed by atoms with Crippen LogP contribution in [-0.4, -0.2) is 47.3 Å². The highest BCUT2D eigenvalue weighted by Gasteiger charge is 2.30. The minimum Gasteiger partial charge on any atom is -0.311 e. The van der Waals surface area contributed by atoms with Gasteiger partial charge in [-0.05, 0) is 36.3 Å². The molecule has 0 atom stereocenters. The van der Waals surface area contributed by atoms with Gasteiger partial charge < -0.3 is 5.32 Å². The lowest BCUT2D eigenvalue weighted by Gasteiger charge is -2.30. The van der Waals surface area contributed by atoms with Crippen molar-refractivity contribution in [2.45, 2.75) is 52.5 Å². The first-order valence-corrected chi connectivity index (χ1v) is 12.1. The second kappa shape index (κ2) is 8.89. The lowest BCUT2D eigenvalue weighted by Crippen LogP contribution is -2.42. The lowest BCUT2D eigenvalue weighted by atomic mass is 9.87. The smallest absolute Gasteiger partial charge is 0.228 e. The Bertz CT molecular complexity index is 967. The predicted molar refractivity (Wildman–Crippen MR) is 119 cm³/mol. The molecule has 0 spiro atoms. The third-order valence-corrected chi connectivity index (χ3v) is 7.58. The fraction of sp³-hybridized carbons (Fsp3) is 0.545. The molecular formula is C22H32N4O3S. The molecule has 0 bridgehead atoms. The molecule has 7 nitrogen and oxygen atoms in total. The summed E-state index contributed by atoms with van der Waals surface area (Å²) in [5, 5.41) is 7.33. The van der Waals surface area contributed by atoms with Crippen molar-refractivity contribution in [1.29, 1.82) is 0 Å². The molecular weight excluding hydrogens is 400 g/mol. The highest BCUT2D eigenvalue weighted by atomic mass is 32.2. The van der Waals surface area contributed by atoms with Gasteiger partial charge in [0.25, 0.3) is 0 Å². The van der Waals surface area contributed by atoms with Gasteiger partial charge in [0.1, 0.15) is 5.82 Å². The van der Waals surface area contributed by atoms with E-state index in [4.69, 9.17) is 0 Å². The zero-order valence-electron chi connectivity index (χ0n) is 18.3. The number of amides is 1. The van der Waals surface area contributed by atoms with Gasteiger partial charge in [0, 0.05) is 25.1 Å². The highest BCUT2D eigenvalue weighted by Crippen LogP contribution is 2.24. The van der Waals surface area contributed by atoms with E-state index < -0.39 is 10.0 Å². The fourth-order valence-electron chi connectivity index (χ4n) is 3.65. The zero-order chi connectivity index (χ0) is 21.9. The van der Waals surface area contributed by atoms with Gasteiger partial charge in [-0.25, -0.2) is 17.4 Å². The molecule has 1 saturated heterocycles. The van der Waals surface area contributed by atoms with Crippen LogP contribution in [0, 0.1) is 5.92 Å². The molecule has 0 aliphatic carbocycles. The lowest BCUT2D eigenvalue weighted by molar-refractivity contribution is -0.121. The highest BCUT2D eigenvalue weighted by molar-refractivity contribution is 7.89. The number of anilines is 1. The van der Waals surface area contributed by atoms with E-state index in [0.29, 0.717) is 38.3 Å². The van der Waals surface area contributed by atoms with Gasteiger partial charge in [-0.3, -0.25) is 4.79 Å². The third-order valence-electron chi connectivity index (χ3n) is 5.70. The Balaban J connectivity index is 1.60. The number of sulfonamides is 1. The maximum absolute atomic E-state index is 12.7. The van der Waals surface area contributed by atoms with Crippen LogP contribution in [0.3, 0.4) is 0 Å². The number of hydrogen-bond donors (Lipinski definition) is 1. The number of benzene rings is 1. The van der Waals surface area contributed by atoms with Crippen molar-refractivity contribution in [2.24, 2.45) is 5.92 Å². The number of carbonyl (C=O) groups is 1. The summed E-state index contributed by atoms with van der Waals surface area (Å²) in [6, 6.07) is 10.2. The molecule has 1 aromatic carbocycles. The topological polar surface area (TPSA) is 84.3 Å². The molecule has 3 rings (SSSR count). The van der Waals surface area contributed by atoms with Crippen LogP contribution in [0.1, 0.15) is 51.7 Å². The molecule has 2 heterocycles. The number of piperidine rings is 1. The Labute approximate surface area is 179 Å². The summed E-state index contributed by atoms with van der Waals surface area (Å²) in [5.74, 6) is 0.486. The van der Waals surface area contributed by atoms with Gasteiger partial charge in [-0.2, -0.15) is 5.10 Å². The maximum Gasteiger partial charge on any atom is 0.228 e. The van der Waals surface area contributed by atoms with Crippen LogP contribution in [-0.2, 0) is 26.8 Å². The van der Waals surface area contributed by atoms with Crippen LogP contribution in [0.15, 0.2) is 36.5 Å². The minimum absolute atomic E-state index is 0.0756. The molecule has 8 heteroatoms. The molecule has 1 N–H and O–H groups in total. The largest absolute Gasteiger partial charge is 0.311 e. The van der Waals surface area contributed by atoms with Crippen molar-refractivity contribution >= 4 is 21.7 Å². The first-order valence-electron chi connectivity index (χ1n) is 10.5. The Hall–Kier alpha value is -2.19. The van der Waals surface area contributed by atoms with Crippen molar-refractivity contribution in [2.75, 3.05) is 24.2 Å². The number of hydrogen-bond acceptors (Lipinski definition) is 4. The van der Waals surface area contributed by atoms with E-state index in [9.17, 15) is 13.2 Å². The Morgan fingerprint density at radius 3 is 2.33 bits per heavy atom. The van der Waals surface area contributed by atoms with Crippen LogP contribution >= 0.6 is 0 Å². The second-order valence-corrected chi connectivity index (χ2v) is 11.1. The second-order valence-electron chi connectivity index (χ2n) is 8.88. The first-order chi connectivity index (χ1) is 14.1. The molecule has 1 amide bonds. The summed E-state index contributed by atoms with van der Waals surface area (Å²) in [4.78, 5) is 12.7. The monoisotopic (exact) mass is 432 g/mol. The summed E-state index contributed by atoms with van der Waals surface area (Å²) in [6.07, 6.45) is 2.75. The number of carbonyl (C=O) groups excluding carboxylic acids is 1. The van der Waals surface area contributed by atoms with E-state index in [1.165, 1.54) is 9.87 Å². The van der Waals surface area contributed by atoms with Crippen molar-refractivity contribution in [3.05, 3.63) is 47.7 Å². The van der Waals surface area contributed by atoms with Gasteiger partial charge in [0.2, 0.25) is 15.9 Å². The average Bonchev–Trinajstić information content (AvgIpc) is 3.14. The molecule has 0 saturated carbocycles. The van der Waals surface area contributed by atoms with Crippen LogP contribution < -0.4 is 5.32 Å². The molecule has 1 fully saturated rings. The molecule has 1 aliphatic heterocycles. The standard InChI is InChI=1S/C22H32N4O3S/c1-5-30(28,29)25-14-11-18(12-15-25)21(27)24-20-10-13-23-26(20)16-17-6-8-19(9-7-17)22(2,3)4/h6-10,13,18H,5,11-12,14-16H2,1-4H3,(H,24,27). The molecule has 30 heavy (non-hydrogen) atoms. The van der Waals surface area contributed by atoms with E-state index in [1.807, 2.05) is 0 Å². The molecule has 0 radical (unpaired) electrons. The average molecular weight is 433 g/mol. The van der Waals surface area contributed by atoms with Crippen molar-refractivity contribution in [3.8, 4) is 0 Å². The van der Waals surface area contributed by atoms with E-state index >= 15 is 0 Å². The SMILES string of the molecule is CCS(=O)(=O)N1CCC(C(=O)Nc2ccnn2Cc2ccc(C(C)(C)C)cc2)CC1. The van der Waals surface area contributed by atoms with Gasteiger partial charge in [0.05, 0.1) is 18.5 Å². The molecule has 1 aliphatic rings.